The number of rotatable bonds is 5. The van der Waals surface area contributed by atoms with E-state index < -0.39 is 11.9 Å². The predicted molar refractivity (Wildman–Crippen MR) is 111 cm³/mol. The zero-order chi connectivity index (χ0) is 20.4. The molecule has 0 radical (unpaired) electrons. The molecule has 0 fully saturated rings. The Morgan fingerprint density at radius 2 is 1.89 bits per heavy atom. The molecule has 0 aliphatic rings. The molecule has 1 aromatic heterocycles. The molecule has 0 spiro atoms. The van der Waals surface area contributed by atoms with E-state index in [1.54, 1.807) is 6.07 Å². The van der Waals surface area contributed by atoms with Gasteiger partial charge in [-0.05, 0) is 35.8 Å². The Hall–Kier alpha value is -2.76. The number of halogens is 2. The van der Waals surface area contributed by atoms with Gasteiger partial charge in [-0.15, -0.1) is 0 Å². The van der Waals surface area contributed by atoms with Gasteiger partial charge in [0.2, 0.25) is 5.91 Å². The third-order valence-electron chi connectivity index (χ3n) is 4.30. The minimum absolute atomic E-state index is 0.175. The van der Waals surface area contributed by atoms with Crippen LogP contribution in [0.5, 0.6) is 0 Å². The van der Waals surface area contributed by atoms with Crippen LogP contribution in [0.4, 0.5) is 5.69 Å². The number of amides is 1. The average Bonchev–Trinajstić information content (AvgIpc) is 2.99. The first-order valence-corrected chi connectivity index (χ1v) is 9.33. The van der Waals surface area contributed by atoms with E-state index in [-0.39, 0.29) is 22.2 Å². The number of hydrogen-bond donors (Lipinski definition) is 2. The summed E-state index contributed by atoms with van der Waals surface area (Å²) in [6.07, 6.45) is 2.66. The molecule has 0 atom stereocenters. The fourth-order valence-corrected chi connectivity index (χ4v) is 3.64. The van der Waals surface area contributed by atoms with Gasteiger partial charge in [0, 0.05) is 33.3 Å². The Bertz CT molecular complexity index is 1100. The van der Waals surface area contributed by atoms with Crippen LogP contribution in [0, 0.1) is 0 Å². The van der Waals surface area contributed by atoms with E-state index in [9.17, 15) is 14.7 Å². The highest BCUT2D eigenvalue weighted by atomic mass is 35.5. The summed E-state index contributed by atoms with van der Waals surface area (Å²) in [5.41, 5.74) is 2.23. The molecule has 3 rings (SSSR count). The largest absolute Gasteiger partial charge is 0.543 e. The van der Waals surface area contributed by atoms with Crippen molar-refractivity contribution >= 4 is 57.7 Å². The van der Waals surface area contributed by atoms with Crippen LogP contribution in [0.2, 0.25) is 10.0 Å². The van der Waals surface area contributed by atoms with E-state index in [2.05, 4.69) is 10.3 Å². The topological polar surface area (TPSA) is 85.0 Å². The first-order valence-electron chi connectivity index (χ1n) is 8.58. The molecule has 7 heteroatoms. The average molecular weight is 416 g/mol. The molecule has 1 amide bonds. The summed E-state index contributed by atoms with van der Waals surface area (Å²) in [7, 11) is 0. The van der Waals surface area contributed by atoms with E-state index in [1.165, 1.54) is 18.2 Å². The van der Waals surface area contributed by atoms with Crippen LogP contribution in [-0.4, -0.2) is 16.9 Å². The highest BCUT2D eigenvalue weighted by Crippen LogP contribution is 2.33. The lowest BCUT2D eigenvalue weighted by molar-refractivity contribution is -0.255. The highest BCUT2D eigenvalue weighted by Gasteiger charge is 2.15. The van der Waals surface area contributed by atoms with Crippen LogP contribution in [0.25, 0.3) is 17.0 Å². The molecule has 3 aromatic rings. The number of carboxylic acids is 1. The number of anilines is 1. The van der Waals surface area contributed by atoms with Crippen LogP contribution in [0.3, 0.4) is 0 Å². The molecule has 2 aromatic carbocycles. The van der Waals surface area contributed by atoms with Crippen LogP contribution in [-0.2, 0) is 4.79 Å². The second-order valence-electron chi connectivity index (χ2n) is 6.58. The zero-order valence-electron chi connectivity index (χ0n) is 15.2. The number of carboxylic acid groups (broad SMARTS) is 1. The van der Waals surface area contributed by atoms with E-state index in [4.69, 9.17) is 23.2 Å². The van der Waals surface area contributed by atoms with Crippen molar-refractivity contribution in [3.05, 3.63) is 69.3 Å². The maximum Gasteiger partial charge on any atom is 0.248 e. The number of H-pyrrole nitrogens is 1. The molecule has 1 heterocycles. The predicted octanol–water partition coefficient (Wildman–Crippen LogP) is 4.61. The van der Waals surface area contributed by atoms with Crippen molar-refractivity contribution in [2.24, 2.45) is 0 Å². The molecule has 0 saturated carbocycles. The van der Waals surface area contributed by atoms with E-state index in [0.29, 0.717) is 21.6 Å². The van der Waals surface area contributed by atoms with Gasteiger partial charge >= 0.3 is 0 Å². The Morgan fingerprint density at radius 1 is 1.18 bits per heavy atom. The summed E-state index contributed by atoms with van der Waals surface area (Å²) in [6, 6.07) is 10.6. The normalized spacial score (nSPS) is 11.5. The van der Waals surface area contributed by atoms with Crippen molar-refractivity contribution in [1.29, 1.82) is 0 Å². The minimum atomic E-state index is -1.41. The smallest absolute Gasteiger partial charge is 0.248 e. The van der Waals surface area contributed by atoms with Gasteiger partial charge in [0.1, 0.15) is 0 Å². The van der Waals surface area contributed by atoms with E-state index in [0.717, 1.165) is 5.56 Å². The summed E-state index contributed by atoms with van der Waals surface area (Å²) < 4.78 is 0. The van der Waals surface area contributed by atoms with Crippen LogP contribution < -0.4 is 10.4 Å². The molecule has 2 N–H and O–H groups in total. The van der Waals surface area contributed by atoms with Crippen molar-refractivity contribution in [1.82, 2.24) is 4.98 Å². The van der Waals surface area contributed by atoms with Gasteiger partial charge in [-0.1, -0.05) is 55.2 Å². The Kier molecular flexibility index (Phi) is 5.77. The van der Waals surface area contributed by atoms with Crippen molar-refractivity contribution in [2.45, 2.75) is 19.8 Å². The molecular weight excluding hydrogens is 399 g/mol. The summed E-state index contributed by atoms with van der Waals surface area (Å²) in [4.78, 5) is 26.6. The number of nitrogens with one attached hydrogen (secondary N) is 2. The molecule has 0 bridgehead atoms. The Morgan fingerprint density at radius 3 is 2.57 bits per heavy atom. The fourth-order valence-electron chi connectivity index (χ4n) is 3.05. The molecule has 0 saturated heterocycles. The Balaban J connectivity index is 1.96. The number of carbonyl (C=O) groups excluding carboxylic acids is 2. The van der Waals surface area contributed by atoms with Gasteiger partial charge in [-0.3, -0.25) is 4.79 Å². The number of aromatic amines is 1. The van der Waals surface area contributed by atoms with Crippen molar-refractivity contribution in [3.8, 4) is 0 Å². The van der Waals surface area contributed by atoms with Gasteiger partial charge in [0.25, 0.3) is 0 Å². The monoisotopic (exact) mass is 415 g/mol. The summed E-state index contributed by atoms with van der Waals surface area (Å²) in [5, 5.41) is 15.4. The molecule has 0 unspecified atom stereocenters. The highest BCUT2D eigenvalue weighted by molar-refractivity contribution is 6.39. The fraction of sp³-hybridized carbons (Fsp3) is 0.143. The first kappa shape index (κ1) is 20.0. The number of benzene rings is 2. The van der Waals surface area contributed by atoms with Crippen LogP contribution in [0.15, 0.2) is 42.5 Å². The van der Waals surface area contributed by atoms with Gasteiger partial charge in [-0.25, -0.2) is 0 Å². The number of aromatic nitrogens is 1. The maximum absolute atomic E-state index is 12.4. The van der Waals surface area contributed by atoms with Gasteiger partial charge in [-0.2, -0.15) is 0 Å². The lowest BCUT2D eigenvalue weighted by Gasteiger charge is -2.12. The van der Waals surface area contributed by atoms with Gasteiger partial charge in [0.15, 0.2) is 0 Å². The summed E-state index contributed by atoms with van der Waals surface area (Å²) in [6.45, 7) is 4.07. The number of para-hydroxylation sites is 1. The minimum Gasteiger partial charge on any atom is -0.543 e. The molecule has 28 heavy (non-hydrogen) atoms. The molecular formula is C21H17Cl2N2O3-. The number of aromatic carboxylic acids is 1. The number of hydrogen-bond acceptors (Lipinski definition) is 3. The third kappa shape index (κ3) is 4.06. The zero-order valence-corrected chi connectivity index (χ0v) is 16.7. The first-order chi connectivity index (χ1) is 13.3. The van der Waals surface area contributed by atoms with E-state index in [1.807, 2.05) is 38.1 Å². The molecule has 5 nitrogen and oxygen atoms in total. The van der Waals surface area contributed by atoms with Crippen LogP contribution >= 0.6 is 23.2 Å². The molecule has 144 valence electrons. The molecule has 0 aliphatic carbocycles. The summed E-state index contributed by atoms with van der Waals surface area (Å²) >= 11 is 12.2. The third-order valence-corrected chi connectivity index (χ3v) is 4.82. The Labute approximate surface area is 172 Å². The molecule has 0 aliphatic heterocycles. The lowest BCUT2D eigenvalue weighted by atomic mass is 10.0. The SMILES string of the molecule is CC(C)c1ccccc1NC(=O)/C=C/c1c(C(=O)[O-])[nH]c2cc(Cl)cc(Cl)c12. The van der Waals surface area contributed by atoms with E-state index >= 15 is 0 Å². The second-order valence-corrected chi connectivity index (χ2v) is 7.42. The number of fused-ring (bicyclic) bond motifs is 1. The van der Waals surface area contributed by atoms with Gasteiger partial charge < -0.3 is 20.2 Å². The van der Waals surface area contributed by atoms with Crippen LogP contribution in [0.1, 0.15) is 41.4 Å². The van der Waals surface area contributed by atoms with Gasteiger partial charge in [0.05, 0.1) is 16.7 Å². The second kappa shape index (κ2) is 8.09. The lowest BCUT2D eigenvalue weighted by Crippen LogP contribution is -2.23. The van der Waals surface area contributed by atoms with Crippen molar-refractivity contribution in [2.75, 3.05) is 5.32 Å². The standard InChI is InChI=1S/C21H18Cl2N2O3/c1-11(2)13-5-3-4-6-16(13)24-18(26)8-7-14-19-15(23)9-12(22)10-17(19)25-20(14)21(27)28/h3-11,25H,1-2H3,(H,24,26)(H,27,28)/p-1/b8-7+. The summed E-state index contributed by atoms with van der Waals surface area (Å²) in [5.74, 6) is -1.56. The number of carbonyl (C=O) groups is 2. The van der Waals surface area contributed by atoms with Crippen molar-refractivity contribution < 1.29 is 14.7 Å². The van der Waals surface area contributed by atoms with Crippen molar-refractivity contribution in [3.63, 3.8) is 0 Å². The maximum atomic E-state index is 12.4. The quantitative estimate of drug-likeness (QED) is 0.596.